The minimum Gasteiger partial charge on any atom is -0.494 e. The van der Waals surface area contributed by atoms with Crippen LogP contribution in [-0.2, 0) is 23.1 Å². The molecule has 3 heterocycles. The Labute approximate surface area is 268 Å². The number of pyridine rings is 1. The highest BCUT2D eigenvalue weighted by Gasteiger charge is 2.37. The van der Waals surface area contributed by atoms with Crippen LogP contribution in [0.15, 0.2) is 66.5 Å². The van der Waals surface area contributed by atoms with E-state index in [1.807, 2.05) is 65.8 Å². The number of likely N-dealkylation sites (tertiary alicyclic amines) is 1. The van der Waals surface area contributed by atoms with Gasteiger partial charge in [-0.15, -0.1) is 12.8 Å². The largest absolute Gasteiger partial charge is 0.494 e. The molecule has 0 N–H and O–H groups in total. The van der Waals surface area contributed by atoms with E-state index in [4.69, 9.17) is 4.74 Å². The summed E-state index contributed by atoms with van der Waals surface area (Å²) in [6.45, 7) is 14.4. The van der Waals surface area contributed by atoms with Gasteiger partial charge in [-0.2, -0.15) is 5.10 Å². The van der Waals surface area contributed by atoms with Gasteiger partial charge in [0.2, 0.25) is 5.91 Å². The van der Waals surface area contributed by atoms with Crippen LogP contribution in [0.3, 0.4) is 0 Å². The van der Waals surface area contributed by atoms with Crippen LogP contribution >= 0.6 is 0 Å². The minimum atomic E-state index is 0.199. The van der Waals surface area contributed by atoms with Gasteiger partial charge in [0.15, 0.2) is 12.4 Å². The number of amides is 1. The highest BCUT2D eigenvalue weighted by molar-refractivity contribution is 5.94. The molecule has 4 rings (SSSR count). The number of anilines is 1. The number of aromatic nitrogens is 3. The summed E-state index contributed by atoms with van der Waals surface area (Å²) in [4.78, 5) is 18.3. The molecule has 2 aromatic rings. The number of hydrogen-bond acceptors (Lipinski definition) is 4. The number of unbranched alkanes of at least 4 members (excludes halogenated alkanes) is 2. The molecule has 3 unspecified atom stereocenters. The maximum Gasteiger partial charge on any atom is 0.241 e. The quantitative estimate of drug-likeness (QED) is 0.133. The molecule has 2 aliphatic rings. The lowest BCUT2D eigenvalue weighted by atomic mass is 9.86. The number of allylic oxidation sites excluding steroid dienone is 3. The van der Waals surface area contributed by atoms with Gasteiger partial charge in [0, 0.05) is 44.1 Å². The van der Waals surface area contributed by atoms with Gasteiger partial charge < -0.3 is 9.64 Å². The van der Waals surface area contributed by atoms with E-state index in [1.165, 1.54) is 5.57 Å². The van der Waals surface area contributed by atoms with Crippen LogP contribution < -0.4 is 9.47 Å². The highest BCUT2D eigenvalue weighted by atomic mass is 16.5. The summed E-state index contributed by atoms with van der Waals surface area (Å²) < 4.78 is 10.2. The van der Waals surface area contributed by atoms with Gasteiger partial charge in [-0.25, -0.2) is 4.57 Å². The molecule has 0 radical (unpaired) electrons. The Morgan fingerprint density at radius 2 is 1.95 bits per heavy atom. The van der Waals surface area contributed by atoms with E-state index in [0.29, 0.717) is 24.4 Å². The van der Waals surface area contributed by atoms with Crippen molar-refractivity contribution in [2.45, 2.75) is 98.6 Å². The molecule has 1 amide bonds. The van der Waals surface area contributed by atoms with E-state index in [1.54, 1.807) is 0 Å². The van der Waals surface area contributed by atoms with E-state index < -0.39 is 0 Å². The van der Waals surface area contributed by atoms with Crippen LogP contribution in [0.1, 0.15) is 86.0 Å². The van der Waals surface area contributed by atoms with Crippen molar-refractivity contribution in [1.29, 1.82) is 0 Å². The monoisotopic (exact) mass is 604 g/mol. The Morgan fingerprint density at radius 1 is 1.18 bits per heavy atom. The average Bonchev–Trinajstić information content (AvgIpc) is 3.67. The lowest BCUT2D eigenvalue weighted by molar-refractivity contribution is -0.670. The third-order valence-electron chi connectivity index (χ3n) is 8.46. The average molecular weight is 605 g/mol. The molecule has 0 bridgehead atoms. The van der Waals surface area contributed by atoms with Crippen LogP contribution in [0.4, 0.5) is 5.69 Å². The van der Waals surface area contributed by atoms with Crippen molar-refractivity contribution >= 4 is 11.6 Å². The molecule has 1 aliphatic carbocycles. The Hall–Kier alpha value is -3.37. The van der Waals surface area contributed by atoms with E-state index >= 15 is 0 Å². The Balaban J connectivity index is 0.00000162. The fourth-order valence-electron chi connectivity index (χ4n) is 6.17. The molecule has 1 saturated heterocycles. The number of rotatable bonds is 14. The van der Waals surface area contributed by atoms with Crippen molar-refractivity contribution in [1.82, 2.24) is 14.7 Å². The number of hydrogen-bond donors (Lipinski definition) is 0. The van der Waals surface area contributed by atoms with Gasteiger partial charge in [-0.3, -0.25) is 14.4 Å². The predicted molar refractivity (Wildman–Crippen MR) is 182 cm³/mol. The van der Waals surface area contributed by atoms with E-state index in [2.05, 4.69) is 68.0 Å². The number of carbonyl (C=O) groups is 1. The van der Waals surface area contributed by atoms with Crippen molar-refractivity contribution < 1.29 is 14.1 Å². The van der Waals surface area contributed by atoms with Crippen LogP contribution in [0.2, 0.25) is 0 Å². The zero-order valence-corrected chi connectivity index (χ0v) is 28.3. The third-order valence-corrected chi connectivity index (χ3v) is 8.46. The summed E-state index contributed by atoms with van der Waals surface area (Å²) in [5.41, 5.74) is 2.25. The molecular formula is C37H58N5O2+. The van der Waals surface area contributed by atoms with Crippen LogP contribution in [0.25, 0.3) is 0 Å². The summed E-state index contributed by atoms with van der Waals surface area (Å²) >= 11 is 0. The summed E-state index contributed by atoms with van der Waals surface area (Å²) in [7, 11) is 2.01. The third kappa shape index (κ3) is 11.3. The van der Waals surface area contributed by atoms with Crippen LogP contribution in [0, 0.1) is 24.7 Å². The zero-order chi connectivity index (χ0) is 32.3. The summed E-state index contributed by atoms with van der Waals surface area (Å²) in [6.07, 6.45) is 29.3. The first-order valence-corrected chi connectivity index (χ1v) is 16.8. The predicted octanol–water partition coefficient (Wildman–Crippen LogP) is 6.95. The number of carbonyl (C=O) groups excluding carboxylic acids is 1. The molecule has 0 saturated carbocycles. The highest BCUT2D eigenvalue weighted by Crippen LogP contribution is 2.37. The van der Waals surface area contributed by atoms with Gasteiger partial charge in [0.05, 0.1) is 13.2 Å². The van der Waals surface area contributed by atoms with Crippen molar-refractivity contribution in [3.05, 3.63) is 66.5 Å². The maximum absolute atomic E-state index is 13.9. The number of ether oxygens (including phenoxy) is 1. The van der Waals surface area contributed by atoms with Gasteiger partial charge >= 0.3 is 0 Å². The lowest BCUT2D eigenvalue weighted by Gasteiger charge is -2.28. The topological polar surface area (TPSA) is 54.5 Å². The normalized spacial score (nSPS) is 19.8. The molecule has 0 spiro atoms. The molecule has 1 fully saturated rings. The fourth-order valence-corrected chi connectivity index (χ4v) is 6.17. The Bertz CT molecular complexity index is 1170. The molecule has 242 valence electrons. The van der Waals surface area contributed by atoms with Gasteiger partial charge in [0.25, 0.3) is 0 Å². The molecule has 0 aromatic carbocycles. The number of nitrogens with zero attached hydrogens (tertiary/aromatic N) is 5. The standard InChI is InChI=1S/C33H50N5O2.C2H6.C2H2/c1-5-7-19-38(31-13-10-17-35(4)25-31)33(39)26-36-24-29(23-30(36)15-20-37-18-11-16-34-37)28-12-9-14-32(27(3)22-28)40-21-8-6-2;2*1-2/h10-11,13-14,16-18,22,25,28-30H,5-9,12,15,19-21,23-24,26H2,1-4H3;1-2H3;1-2H/q+1;;. The smallest absolute Gasteiger partial charge is 0.241 e. The van der Waals surface area contributed by atoms with Crippen molar-refractivity contribution in [2.24, 2.45) is 18.9 Å². The number of aryl methyl sites for hydroxylation is 2. The Kier molecular flexibility index (Phi) is 17.2. The first kappa shape index (κ1) is 36.8. The zero-order valence-electron chi connectivity index (χ0n) is 28.3. The fraction of sp³-hybridized carbons (Fsp3) is 0.595. The van der Waals surface area contributed by atoms with Gasteiger partial charge in [0.1, 0.15) is 18.5 Å². The summed E-state index contributed by atoms with van der Waals surface area (Å²) in [6, 6.07) is 6.43. The summed E-state index contributed by atoms with van der Waals surface area (Å²) in [5.74, 6) is 2.30. The molecular weight excluding hydrogens is 546 g/mol. The van der Waals surface area contributed by atoms with Crippen molar-refractivity contribution in [3.8, 4) is 12.8 Å². The van der Waals surface area contributed by atoms with Crippen molar-refractivity contribution in [2.75, 3.05) is 31.1 Å². The summed E-state index contributed by atoms with van der Waals surface area (Å²) in [5, 5.41) is 4.43. The van der Waals surface area contributed by atoms with Crippen LogP contribution in [0.5, 0.6) is 0 Å². The van der Waals surface area contributed by atoms with E-state index in [-0.39, 0.29) is 5.91 Å². The SMILES string of the molecule is C#C.CC.CCCCOC1=CCCC(C2CC(CCn3cccn3)N(CC(=O)N(CCCC)c3ccc[n+](C)c3)C2)C=C1C. The van der Waals surface area contributed by atoms with Crippen LogP contribution in [-0.4, -0.2) is 52.9 Å². The second-order valence-electron chi connectivity index (χ2n) is 11.6. The second-order valence-corrected chi connectivity index (χ2v) is 11.6. The second kappa shape index (κ2) is 20.6. The lowest BCUT2D eigenvalue weighted by Crippen LogP contribution is -2.44. The molecule has 7 heteroatoms. The Morgan fingerprint density at radius 3 is 2.64 bits per heavy atom. The first-order chi connectivity index (χ1) is 21.5. The maximum atomic E-state index is 13.9. The van der Waals surface area contributed by atoms with E-state index in [0.717, 1.165) is 89.1 Å². The molecule has 7 nitrogen and oxygen atoms in total. The first-order valence-electron chi connectivity index (χ1n) is 16.8. The number of terminal acetylenes is 1. The molecule has 44 heavy (non-hydrogen) atoms. The van der Waals surface area contributed by atoms with Crippen molar-refractivity contribution in [3.63, 3.8) is 0 Å². The van der Waals surface area contributed by atoms with Gasteiger partial charge in [-0.1, -0.05) is 46.6 Å². The minimum absolute atomic E-state index is 0.199. The molecule has 2 aromatic heterocycles. The van der Waals surface area contributed by atoms with E-state index in [9.17, 15) is 4.79 Å². The molecule has 3 atom stereocenters. The van der Waals surface area contributed by atoms with Gasteiger partial charge in [-0.05, 0) is 81.1 Å². The molecule has 1 aliphatic heterocycles.